The van der Waals surface area contributed by atoms with Crippen LogP contribution < -0.4 is 16.0 Å². The molecule has 1 aromatic carbocycles. The van der Waals surface area contributed by atoms with Gasteiger partial charge in [-0.3, -0.25) is 4.79 Å². The summed E-state index contributed by atoms with van der Waals surface area (Å²) in [5.74, 6) is 0.749. The molecule has 1 unspecified atom stereocenters. The molecule has 0 radical (unpaired) electrons. The van der Waals surface area contributed by atoms with Gasteiger partial charge in [-0.05, 0) is 51.4 Å². The van der Waals surface area contributed by atoms with E-state index in [1.807, 2.05) is 38.1 Å². The Morgan fingerprint density at radius 2 is 2.03 bits per heavy atom. The maximum atomic E-state index is 12.3. The fourth-order valence-corrected chi connectivity index (χ4v) is 2.69. The van der Waals surface area contributed by atoms with Crippen molar-refractivity contribution in [3.63, 3.8) is 0 Å². The average Bonchev–Trinajstić information content (AvgIpc) is 2.72. The number of amides is 1. The minimum atomic E-state index is -0.0354. The highest BCUT2D eigenvalue weighted by Crippen LogP contribution is 2.07. The lowest BCUT2D eigenvalue weighted by Gasteiger charge is -2.18. The zero-order chi connectivity index (χ0) is 21.5. The van der Waals surface area contributed by atoms with Crippen LogP contribution in [0.25, 0.3) is 0 Å². The average molecular weight is 406 g/mol. The van der Waals surface area contributed by atoms with Crippen molar-refractivity contribution in [1.82, 2.24) is 20.9 Å². The Kier molecular flexibility index (Phi) is 12.7. The van der Waals surface area contributed by atoms with E-state index in [1.54, 1.807) is 7.11 Å². The predicted molar refractivity (Wildman–Crippen MR) is 120 cm³/mol. The maximum Gasteiger partial charge on any atom is 0.251 e. The predicted octanol–water partition coefficient (Wildman–Crippen LogP) is 2.24. The Balaban J connectivity index is 2.57. The number of aliphatic imine (C=N–C) groups is 1. The van der Waals surface area contributed by atoms with Crippen molar-refractivity contribution in [1.29, 1.82) is 0 Å². The Hall–Kier alpha value is -2.12. The minimum absolute atomic E-state index is 0.0354. The van der Waals surface area contributed by atoms with Crippen molar-refractivity contribution < 1.29 is 9.53 Å². The summed E-state index contributed by atoms with van der Waals surface area (Å²) in [5, 5.41) is 9.64. The molecule has 164 valence electrons. The summed E-state index contributed by atoms with van der Waals surface area (Å²) in [6.07, 6.45) is 1.94. The highest BCUT2D eigenvalue weighted by molar-refractivity contribution is 5.94. The molecule has 0 spiro atoms. The quantitative estimate of drug-likeness (QED) is 0.267. The molecule has 0 aliphatic carbocycles. The number of carbonyl (C=O) groups is 1. The first-order valence-corrected chi connectivity index (χ1v) is 10.6. The Labute approximate surface area is 176 Å². The van der Waals surface area contributed by atoms with Gasteiger partial charge in [-0.2, -0.15) is 0 Å². The fourth-order valence-electron chi connectivity index (χ4n) is 2.69. The zero-order valence-electron chi connectivity index (χ0n) is 18.8. The number of nitrogens with zero attached hydrogens (tertiary/aromatic N) is 2. The lowest BCUT2D eigenvalue weighted by Crippen LogP contribution is -2.41. The molecule has 0 aliphatic rings. The highest BCUT2D eigenvalue weighted by Gasteiger charge is 2.09. The first-order valence-electron chi connectivity index (χ1n) is 10.6. The van der Waals surface area contributed by atoms with Crippen molar-refractivity contribution in [2.75, 3.05) is 46.9 Å². The molecular formula is C22H39N5O2. The molecule has 1 atom stereocenters. The second-order valence-electron chi connectivity index (χ2n) is 7.25. The molecule has 1 aromatic rings. The van der Waals surface area contributed by atoms with Gasteiger partial charge in [0.05, 0.1) is 6.54 Å². The summed E-state index contributed by atoms with van der Waals surface area (Å²) in [4.78, 5) is 19.3. The highest BCUT2D eigenvalue weighted by atomic mass is 16.5. The van der Waals surface area contributed by atoms with Gasteiger partial charge in [0.15, 0.2) is 5.96 Å². The number of hydrogen-bond acceptors (Lipinski definition) is 4. The molecular weight excluding hydrogens is 366 g/mol. The summed E-state index contributed by atoms with van der Waals surface area (Å²) in [7, 11) is 3.84. The van der Waals surface area contributed by atoms with Gasteiger partial charge in [0, 0.05) is 51.5 Å². The van der Waals surface area contributed by atoms with Gasteiger partial charge in [0.2, 0.25) is 0 Å². The molecule has 3 N–H and O–H groups in total. The second kappa shape index (κ2) is 14.8. The molecule has 1 rings (SSSR count). The van der Waals surface area contributed by atoms with Crippen molar-refractivity contribution >= 4 is 11.9 Å². The van der Waals surface area contributed by atoms with E-state index in [1.165, 1.54) is 0 Å². The topological polar surface area (TPSA) is 78.0 Å². The van der Waals surface area contributed by atoms with Crippen molar-refractivity contribution in [2.24, 2.45) is 4.99 Å². The van der Waals surface area contributed by atoms with Crippen LogP contribution >= 0.6 is 0 Å². The molecule has 7 nitrogen and oxygen atoms in total. The molecule has 0 fully saturated rings. The van der Waals surface area contributed by atoms with Crippen molar-refractivity contribution in [2.45, 2.75) is 46.2 Å². The summed E-state index contributed by atoms with van der Waals surface area (Å²) < 4.78 is 5.09. The summed E-state index contributed by atoms with van der Waals surface area (Å²) in [6, 6.07) is 7.83. The Morgan fingerprint density at radius 3 is 2.72 bits per heavy atom. The van der Waals surface area contributed by atoms with Crippen molar-refractivity contribution in [3.05, 3.63) is 35.4 Å². The number of ether oxygens (including phenoxy) is 1. The number of benzene rings is 1. The van der Waals surface area contributed by atoms with E-state index in [-0.39, 0.29) is 11.9 Å². The first kappa shape index (κ1) is 24.9. The van der Waals surface area contributed by atoms with E-state index in [4.69, 9.17) is 4.74 Å². The third-order valence-corrected chi connectivity index (χ3v) is 4.62. The third-order valence-electron chi connectivity index (χ3n) is 4.62. The van der Waals surface area contributed by atoms with Gasteiger partial charge in [-0.1, -0.05) is 19.1 Å². The van der Waals surface area contributed by atoms with Gasteiger partial charge in [-0.25, -0.2) is 4.99 Å². The Bertz CT molecular complexity index is 621. The fraction of sp³-hybridized carbons (Fsp3) is 0.636. The van der Waals surface area contributed by atoms with Crippen LogP contribution in [0.2, 0.25) is 0 Å². The van der Waals surface area contributed by atoms with Crippen LogP contribution in [0.3, 0.4) is 0 Å². The van der Waals surface area contributed by atoms with Crippen LogP contribution in [0.1, 0.15) is 49.5 Å². The van der Waals surface area contributed by atoms with E-state index >= 15 is 0 Å². The van der Waals surface area contributed by atoms with Gasteiger partial charge in [0.1, 0.15) is 0 Å². The van der Waals surface area contributed by atoms with Crippen LogP contribution in [0.4, 0.5) is 0 Å². The molecule has 7 heteroatoms. The Morgan fingerprint density at radius 1 is 1.24 bits per heavy atom. The van der Waals surface area contributed by atoms with Gasteiger partial charge in [0.25, 0.3) is 5.91 Å². The third kappa shape index (κ3) is 10.9. The number of carbonyl (C=O) groups excluding carboxylic acids is 1. The van der Waals surface area contributed by atoms with E-state index < -0.39 is 0 Å². The molecule has 0 saturated heterocycles. The lowest BCUT2D eigenvalue weighted by atomic mass is 10.1. The summed E-state index contributed by atoms with van der Waals surface area (Å²) >= 11 is 0. The maximum absolute atomic E-state index is 12.3. The smallest absolute Gasteiger partial charge is 0.251 e. The number of hydrogen-bond donors (Lipinski definition) is 3. The van der Waals surface area contributed by atoms with Gasteiger partial charge in [-0.15, -0.1) is 0 Å². The number of guanidine groups is 1. The van der Waals surface area contributed by atoms with Gasteiger partial charge >= 0.3 is 0 Å². The largest absolute Gasteiger partial charge is 0.385 e. The standard InChI is InChI=1S/C22H39N5O2/c1-6-18(3)26-21(28)20-11-8-10-19(16-20)17-25-22(23-7-2)24-12-14-27(4)13-9-15-29-5/h8,10-11,16,18H,6-7,9,12-15,17H2,1-5H3,(H,26,28)(H2,23,24,25). The molecule has 29 heavy (non-hydrogen) atoms. The van der Waals surface area contributed by atoms with E-state index in [0.717, 1.165) is 57.2 Å². The SMILES string of the molecule is CCNC(=NCc1cccc(C(=O)NC(C)CC)c1)NCCN(C)CCCOC. The monoisotopic (exact) mass is 405 g/mol. The molecule has 0 heterocycles. The number of methoxy groups -OCH3 is 1. The number of likely N-dealkylation sites (N-methyl/N-ethyl adjacent to an activating group) is 1. The van der Waals surface area contributed by atoms with E-state index in [2.05, 4.69) is 39.8 Å². The van der Waals surface area contributed by atoms with Crippen LogP contribution in [0.5, 0.6) is 0 Å². The first-order chi connectivity index (χ1) is 14.0. The van der Waals surface area contributed by atoms with Crippen LogP contribution in [-0.4, -0.2) is 69.8 Å². The molecule has 0 bridgehead atoms. The molecule has 1 amide bonds. The minimum Gasteiger partial charge on any atom is -0.385 e. The molecule has 0 aromatic heterocycles. The van der Waals surface area contributed by atoms with Crippen molar-refractivity contribution in [3.8, 4) is 0 Å². The van der Waals surface area contributed by atoms with E-state index in [9.17, 15) is 4.79 Å². The summed E-state index contributed by atoms with van der Waals surface area (Å²) in [5.41, 5.74) is 1.68. The number of rotatable bonds is 13. The summed E-state index contributed by atoms with van der Waals surface area (Å²) in [6.45, 7) is 11.0. The molecule has 0 aliphatic heterocycles. The normalized spacial score (nSPS) is 12.7. The van der Waals surface area contributed by atoms with Crippen LogP contribution in [-0.2, 0) is 11.3 Å². The van der Waals surface area contributed by atoms with Crippen LogP contribution in [0.15, 0.2) is 29.3 Å². The number of nitrogens with one attached hydrogen (secondary N) is 3. The zero-order valence-corrected chi connectivity index (χ0v) is 18.8. The molecule has 0 saturated carbocycles. The van der Waals surface area contributed by atoms with E-state index in [0.29, 0.717) is 12.1 Å². The van der Waals surface area contributed by atoms with Crippen LogP contribution in [0, 0.1) is 0 Å². The lowest BCUT2D eigenvalue weighted by molar-refractivity contribution is 0.0939. The second-order valence-corrected chi connectivity index (χ2v) is 7.25. The van der Waals surface area contributed by atoms with Gasteiger partial charge < -0.3 is 25.6 Å².